The highest BCUT2D eigenvalue weighted by Crippen LogP contribution is 2.21. The number of aromatic carboxylic acids is 1. The molecule has 4 heteroatoms. The Bertz CT molecular complexity index is 421. The number of Topliss-reactive ketones (excluding diaryl/α,β-unsaturated/α-hetero) is 1. The second kappa shape index (κ2) is 4.79. The molecule has 0 spiro atoms. The zero-order chi connectivity index (χ0) is 12.3. The predicted octanol–water partition coefficient (Wildman–Crippen LogP) is 2.37. The maximum absolute atomic E-state index is 11.1. The first-order chi connectivity index (χ1) is 7.41. The second-order valence-corrected chi connectivity index (χ2v) is 3.74. The van der Waals surface area contributed by atoms with Crippen LogP contribution < -0.4 is 4.74 Å². The van der Waals surface area contributed by atoms with Crippen molar-refractivity contribution in [3.05, 3.63) is 29.3 Å². The molecule has 0 bridgehead atoms. The minimum absolute atomic E-state index is 0.0152. The van der Waals surface area contributed by atoms with E-state index >= 15 is 0 Å². The van der Waals surface area contributed by atoms with Crippen LogP contribution in [0.1, 0.15) is 41.5 Å². The Morgan fingerprint density at radius 2 is 1.94 bits per heavy atom. The fourth-order valence-electron chi connectivity index (χ4n) is 1.27. The van der Waals surface area contributed by atoms with Gasteiger partial charge in [-0.3, -0.25) is 4.79 Å². The van der Waals surface area contributed by atoms with E-state index in [1.54, 1.807) is 6.07 Å². The molecule has 0 aromatic heterocycles. The van der Waals surface area contributed by atoms with Crippen LogP contribution in [-0.4, -0.2) is 23.0 Å². The first-order valence-corrected chi connectivity index (χ1v) is 4.96. The predicted molar refractivity (Wildman–Crippen MR) is 59.2 cm³/mol. The molecule has 0 amide bonds. The molecule has 1 N–H and O–H groups in total. The number of hydrogen-bond acceptors (Lipinski definition) is 3. The topological polar surface area (TPSA) is 63.6 Å². The van der Waals surface area contributed by atoms with Crippen LogP contribution in [0.3, 0.4) is 0 Å². The minimum Gasteiger partial charge on any atom is -0.490 e. The summed E-state index contributed by atoms with van der Waals surface area (Å²) in [4.78, 5) is 22.1. The summed E-state index contributed by atoms with van der Waals surface area (Å²) in [5, 5.41) is 8.99. The number of rotatable bonds is 4. The minimum atomic E-state index is -1.10. The average molecular weight is 222 g/mol. The van der Waals surface area contributed by atoms with Gasteiger partial charge in [0, 0.05) is 5.56 Å². The highest BCUT2D eigenvalue weighted by atomic mass is 16.5. The lowest BCUT2D eigenvalue weighted by molar-refractivity contribution is 0.0690. The van der Waals surface area contributed by atoms with Gasteiger partial charge in [0.2, 0.25) is 0 Å². The maximum Gasteiger partial charge on any atom is 0.339 e. The van der Waals surface area contributed by atoms with E-state index in [2.05, 4.69) is 0 Å². The number of carbonyl (C=O) groups is 2. The lowest BCUT2D eigenvalue weighted by Crippen LogP contribution is -2.10. The van der Waals surface area contributed by atoms with Crippen LogP contribution >= 0.6 is 0 Å². The highest BCUT2D eigenvalue weighted by Gasteiger charge is 2.14. The van der Waals surface area contributed by atoms with E-state index in [9.17, 15) is 9.59 Å². The normalized spacial score (nSPS) is 10.2. The molecule has 1 rings (SSSR count). The molecule has 1 aromatic rings. The molecule has 0 heterocycles. The summed E-state index contributed by atoms with van der Waals surface area (Å²) < 4.78 is 5.35. The van der Waals surface area contributed by atoms with E-state index in [4.69, 9.17) is 9.84 Å². The Kier molecular flexibility index (Phi) is 3.66. The molecule has 0 atom stereocenters. The Hall–Kier alpha value is -1.84. The van der Waals surface area contributed by atoms with Gasteiger partial charge in [0.05, 0.1) is 6.10 Å². The lowest BCUT2D eigenvalue weighted by atomic mass is 10.1. The van der Waals surface area contributed by atoms with Crippen molar-refractivity contribution in [2.75, 3.05) is 0 Å². The number of carboxylic acid groups (broad SMARTS) is 1. The van der Waals surface area contributed by atoms with Gasteiger partial charge in [-0.05, 0) is 39.0 Å². The molecule has 0 saturated carbocycles. The largest absolute Gasteiger partial charge is 0.490 e. The van der Waals surface area contributed by atoms with Gasteiger partial charge in [-0.1, -0.05) is 0 Å². The SMILES string of the molecule is CC(=O)c1ccc(OC(C)C)c(C(=O)O)c1. The van der Waals surface area contributed by atoms with Crippen LogP contribution in [-0.2, 0) is 0 Å². The quantitative estimate of drug-likeness (QED) is 0.794. The number of hydrogen-bond donors (Lipinski definition) is 1. The van der Waals surface area contributed by atoms with Crippen LogP contribution in [0.15, 0.2) is 18.2 Å². The summed E-state index contributed by atoms with van der Waals surface area (Å²) in [6.45, 7) is 5.01. The van der Waals surface area contributed by atoms with Gasteiger partial charge in [-0.15, -0.1) is 0 Å². The number of ether oxygens (including phenoxy) is 1. The number of carboxylic acids is 1. The third-order valence-corrected chi connectivity index (χ3v) is 1.98. The van der Waals surface area contributed by atoms with E-state index in [0.717, 1.165) is 0 Å². The van der Waals surface area contributed by atoms with Crippen LogP contribution in [0.25, 0.3) is 0 Å². The Morgan fingerprint density at radius 3 is 2.38 bits per heavy atom. The van der Waals surface area contributed by atoms with Crippen molar-refractivity contribution in [1.29, 1.82) is 0 Å². The molecular formula is C12H14O4. The first kappa shape index (κ1) is 12.2. The molecule has 0 fully saturated rings. The van der Waals surface area contributed by atoms with Crippen molar-refractivity contribution < 1.29 is 19.4 Å². The van der Waals surface area contributed by atoms with Crippen LogP contribution in [0.5, 0.6) is 5.75 Å². The number of ketones is 1. The molecule has 1 aromatic carbocycles. The van der Waals surface area contributed by atoms with Gasteiger partial charge in [0.15, 0.2) is 5.78 Å². The Labute approximate surface area is 93.9 Å². The van der Waals surface area contributed by atoms with Gasteiger partial charge >= 0.3 is 5.97 Å². The highest BCUT2D eigenvalue weighted by molar-refractivity contribution is 5.98. The molecule has 4 nitrogen and oxygen atoms in total. The van der Waals surface area contributed by atoms with Crippen LogP contribution in [0.2, 0.25) is 0 Å². The van der Waals surface area contributed by atoms with Crippen molar-refractivity contribution >= 4 is 11.8 Å². The third-order valence-electron chi connectivity index (χ3n) is 1.98. The van der Waals surface area contributed by atoms with Gasteiger partial charge in [-0.2, -0.15) is 0 Å². The smallest absolute Gasteiger partial charge is 0.339 e. The Morgan fingerprint density at radius 1 is 1.31 bits per heavy atom. The van der Waals surface area contributed by atoms with Crippen molar-refractivity contribution in [2.45, 2.75) is 26.9 Å². The van der Waals surface area contributed by atoms with Crippen LogP contribution in [0.4, 0.5) is 0 Å². The molecule has 0 saturated heterocycles. The van der Waals surface area contributed by atoms with Crippen molar-refractivity contribution in [2.24, 2.45) is 0 Å². The molecule has 0 aliphatic rings. The fraction of sp³-hybridized carbons (Fsp3) is 0.333. The Balaban J connectivity index is 3.19. The monoisotopic (exact) mass is 222 g/mol. The lowest BCUT2D eigenvalue weighted by Gasteiger charge is -2.12. The van der Waals surface area contributed by atoms with Crippen molar-refractivity contribution in [1.82, 2.24) is 0 Å². The molecule has 86 valence electrons. The first-order valence-electron chi connectivity index (χ1n) is 4.96. The standard InChI is InChI=1S/C12H14O4/c1-7(2)16-11-5-4-9(8(3)13)6-10(11)12(14)15/h4-7H,1-3H3,(H,14,15). The van der Waals surface area contributed by atoms with E-state index in [1.165, 1.54) is 19.1 Å². The van der Waals surface area contributed by atoms with E-state index < -0.39 is 5.97 Å². The van der Waals surface area contributed by atoms with Gasteiger partial charge in [0.1, 0.15) is 11.3 Å². The molecule has 16 heavy (non-hydrogen) atoms. The number of carbonyl (C=O) groups excluding carboxylic acids is 1. The summed E-state index contributed by atoms with van der Waals surface area (Å²) in [6.07, 6.45) is -0.110. The van der Waals surface area contributed by atoms with Gasteiger partial charge in [-0.25, -0.2) is 4.79 Å². The zero-order valence-corrected chi connectivity index (χ0v) is 9.48. The second-order valence-electron chi connectivity index (χ2n) is 3.74. The zero-order valence-electron chi connectivity index (χ0n) is 9.48. The summed E-state index contributed by atoms with van der Waals surface area (Å²) in [6, 6.07) is 4.41. The molecule has 0 aliphatic carbocycles. The van der Waals surface area contributed by atoms with E-state index in [1.807, 2.05) is 13.8 Å². The number of benzene rings is 1. The summed E-state index contributed by atoms with van der Waals surface area (Å²) in [7, 11) is 0. The summed E-state index contributed by atoms with van der Waals surface area (Å²) in [5.41, 5.74) is 0.384. The molecule has 0 unspecified atom stereocenters. The third kappa shape index (κ3) is 2.82. The maximum atomic E-state index is 11.1. The molecule has 0 radical (unpaired) electrons. The summed E-state index contributed by atoms with van der Waals surface area (Å²) in [5.74, 6) is -0.982. The van der Waals surface area contributed by atoms with E-state index in [-0.39, 0.29) is 23.2 Å². The van der Waals surface area contributed by atoms with Gasteiger partial charge < -0.3 is 9.84 Å². The molecular weight excluding hydrogens is 208 g/mol. The van der Waals surface area contributed by atoms with E-state index in [0.29, 0.717) is 5.56 Å². The summed E-state index contributed by atoms with van der Waals surface area (Å²) >= 11 is 0. The average Bonchev–Trinajstić information content (AvgIpc) is 2.16. The molecule has 0 aliphatic heterocycles. The van der Waals surface area contributed by atoms with Crippen molar-refractivity contribution in [3.63, 3.8) is 0 Å². The van der Waals surface area contributed by atoms with Gasteiger partial charge in [0.25, 0.3) is 0 Å². The fourth-order valence-corrected chi connectivity index (χ4v) is 1.27. The van der Waals surface area contributed by atoms with Crippen molar-refractivity contribution in [3.8, 4) is 5.75 Å². The van der Waals surface area contributed by atoms with Crippen LogP contribution in [0, 0.1) is 0 Å².